The van der Waals surface area contributed by atoms with Crippen LogP contribution in [0.4, 0.5) is 5.69 Å². The minimum absolute atomic E-state index is 0.590. The van der Waals surface area contributed by atoms with Gasteiger partial charge >= 0.3 is 5.69 Å². The average Bonchev–Trinajstić information content (AvgIpc) is 2.05. The Balaban J connectivity index is 0.000000261. The predicted octanol–water partition coefficient (Wildman–Crippen LogP) is 0.910. The summed E-state index contributed by atoms with van der Waals surface area (Å²) in [4.78, 5) is 2.97. The van der Waals surface area contributed by atoms with Crippen LogP contribution in [0, 0.1) is 5.39 Å². The van der Waals surface area contributed by atoms with Crippen molar-refractivity contribution in [3.8, 4) is 0 Å². The standard InChI is InChI=1S/C6H5N2.H3NO2S/c7-8-6-4-2-1-3-5-6;1-4(2)3/h1-5H;1H2,(H,2,3)/q+1;/p-1. The van der Waals surface area contributed by atoms with Crippen LogP contribution in [0.3, 0.4) is 0 Å². The second-order valence-electron chi connectivity index (χ2n) is 1.70. The summed E-state index contributed by atoms with van der Waals surface area (Å²) in [6, 6.07) is 8.94. The highest BCUT2D eigenvalue weighted by Gasteiger charge is 1.95. The number of benzene rings is 1. The Bertz CT molecular complexity index is 279. The van der Waals surface area contributed by atoms with E-state index in [0.717, 1.165) is 0 Å². The van der Waals surface area contributed by atoms with Crippen LogP contribution < -0.4 is 5.14 Å². The molecule has 0 bridgehead atoms. The molecule has 12 heavy (non-hydrogen) atoms. The van der Waals surface area contributed by atoms with Crippen LogP contribution in [0.25, 0.3) is 4.98 Å². The van der Waals surface area contributed by atoms with Crippen LogP contribution in [0.2, 0.25) is 0 Å². The van der Waals surface area contributed by atoms with Crippen molar-refractivity contribution >= 4 is 17.0 Å². The van der Waals surface area contributed by atoms with Gasteiger partial charge in [0.25, 0.3) is 0 Å². The Hall–Kier alpha value is -1.29. The minimum atomic E-state index is -2.36. The summed E-state index contributed by atoms with van der Waals surface area (Å²) in [5, 5.41) is 12.2. The fourth-order valence-corrected chi connectivity index (χ4v) is 0.495. The molecule has 5 nitrogen and oxygen atoms in total. The van der Waals surface area contributed by atoms with Crippen molar-refractivity contribution in [1.29, 1.82) is 5.39 Å². The summed E-state index contributed by atoms with van der Waals surface area (Å²) in [6.07, 6.45) is 0. The van der Waals surface area contributed by atoms with E-state index in [4.69, 9.17) is 14.2 Å². The Morgan fingerprint density at radius 2 is 1.83 bits per heavy atom. The molecule has 0 aliphatic heterocycles. The molecule has 0 spiro atoms. The van der Waals surface area contributed by atoms with Gasteiger partial charge < -0.3 is 4.55 Å². The van der Waals surface area contributed by atoms with E-state index in [-0.39, 0.29) is 0 Å². The molecule has 0 radical (unpaired) electrons. The molecule has 1 rings (SSSR count). The van der Waals surface area contributed by atoms with Gasteiger partial charge in [-0.3, -0.25) is 9.35 Å². The van der Waals surface area contributed by atoms with Crippen LogP contribution in [0.15, 0.2) is 30.3 Å². The maximum absolute atomic E-state index is 8.78. The van der Waals surface area contributed by atoms with Crippen LogP contribution >= 0.6 is 0 Å². The largest absolute Gasteiger partial charge is 0.760 e. The molecule has 64 valence electrons. The molecular formula is C6H7N3O2S. The first-order chi connectivity index (χ1) is 5.66. The molecule has 0 saturated carbocycles. The SMILES string of the molecule is N#[N+]c1ccccc1.NS(=O)[O-]. The topological polar surface area (TPSA) is 94.3 Å². The molecule has 1 atom stereocenters. The van der Waals surface area contributed by atoms with Crippen LogP contribution in [-0.4, -0.2) is 8.76 Å². The van der Waals surface area contributed by atoms with Gasteiger partial charge in [0.1, 0.15) is 0 Å². The van der Waals surface area contributed by atoms with E-state index in [1.54, 1.807) is 12.1 Å². The fraction of sp³-hybridized carbons (Fsp3) is 0. The van der Waals surface area contributed by atoms with Crippen molar-refractivity contribution in [2.45, 2.75) is 0 Å². The zero-order valence-electron chi connectivity index (χ0n) is 6.08. The second-order valence-corrected chi connectivity index (χ2v) is 2.22. The zero-order valence-corrected chi connectivity index (χ0v) is 6.90. The molecule has 0 amide bonds. The molecule has 0 aliphatic carbocycles. The van der Waals surface area contributed by atoms with Crippen LogP contribution in [-0.2, 0) is 11.3 Å². The Kier molecular flexibility index (Phi) is 5.73. The molecule has 1 aromatic carbocycles. The molecule has 2 N–H and O–H groups in total. The lowest BCUT2D eigenvalue weighted by molar-refractivity contribution is 0.539. The van der Waals surface area contributed by atoms with Gasteiger partial charge in [-0.15, -0.1) is 0 Å². The number of nitrogens with zero attached hydrogens (tertiary/aromatic N) is 2. The van der Waals surface area contributed by atoms with Gasteiger partial charge in [0.2, 0.25) is 5.39 Å². The van der Waals surface area contributed by atoms with Gasteiger partial charge in [0, 0.05) is 23.4 Å². The summed E-state index contributed by atoms with van der Waals surface area (Å²) in [7, 11) is 0. The number of nitrogens with two attached hydrogens (primary N) is 1. The van der Waals surface area contributed by atoms with E-state index in [2.05, 4.69) is 10.1 Å². The first-order valence-electron chi connectivity index (χ1n) is 2.90. The normalized spacial score (nSPS) is 10.4. The molecule has 0 aliphatic rings. The van der Waals surface area contributed by atoms with Gasteiger partial charge in [-0.25, -0.2) is 0 Å². The maximum atomic E-state index is 8.78. The van der Waals surface area contributed by atoms with Crippen LogP contribution in [0.5, 0.6) is 0 Å². The Morgan fingerprint density at radius 3 is 2.08 bits per heavy atom. The molecule has 0 saturated heterocycles. The lowest BCUT2D eigenvalue weighted by Gasteiger charge is -1.85. The first-order valence-corrected chi connectivity index (χ1v) is 4.04. The van der Waals surface area contributed by atoms with E-state index < -0.39 is 11.3 Å². The number of rotatable bonds is 0. The van der Waals surface area contributed by atoms with E-state index in [9.17, 15) is 0 Å². The van der Waals surface area contributed by atoms with Crippen LogP contribution in [0.1, 0.15) is 0 Å². The fourth-order valence-electron chi connectivity index (χ4n) is 0.495. The Labute approximate surface area is 72.3 Å². The van der Waals surface area contributed by atoms with E-state index in [1.807, 2.05) is 18.2 Å². The highest BCUT2D eigenvalue weighted by atomic mass is 32.2. The molecule has 0 heterocycles. The number of hydrogen-bond donors (Lipinski definition) is 1. The van der Waals surface area contributed by atoms with Crippen molar-refractivity contribution in [3.63, 3.8) is 0 Å². The maximum Gasteiger partial charge on any atom is 0.385 e. The monoisotopic (exact) mass is 185 g/mol. The molecule has 1 aromatic rings. The highest BCUT2D eigenvalue weighted by Crippen LogP contribution is 2.07. The van der Waals surface area contributed by atoms with E-state index in [1.165, 1.54) is 0 Å². The van der Waals surface area contributed by atoms with Gasteiger partial charge in [-0.1, -0.05) is 18.2 Å². The Morgan fingerprint density at radius 1 is 1.42 bits per heavy atom. The molecule has 0 aromatic heterocycles. The summed E-state index contributed by atoms with van der Waals surface area (Å²) >= 11 is -2.36. The summed E-state index contributed by atoms with van der Waals surface area (Å²) in [6.45, 7) is 0. The molecule has 1 unspecified atom stereocenters. The van der Waals surface area contributed by atoms with Gasteiger partial charge in [0.15, 0.2) is 4.98 Å². The summed E-state index contributed by atoms with van der Waals surface area (Å²) in [5.41, 5.74) is 0.590. The third kappa shape index (κ3) is 6.82. The van der Waals surface area contributed by atoms with Gasteiger partial charge in [-0.05, 0) is 0 Å². The van der Waals surface area contributed by atoms with Crippen molar-refractivity contribution in [2.75, 3.05) is 0 Å². The lowest BCUT2D eigenvalue weighted by Crippen LogP contribution is -1.97. The smallest absolute Gasteiger partial charge is 0.385 e. The third-order valence-electron chi connectivity index (χ3n) is 0.872. The molecule has 6 heteroatoms. The third-order valence-corrected chi connectivity index (χ3v) is 0.872. The van der Waals surface area contributed by atoms with Gasteiger partial charge in [-0.2, -0.15) is 0 Å². The summed E-state index contributed by atoms with van der Waals surface area (Å²) < 4.78 is 17.6. The first kappa shape index (κ1) is 10.7. The van der Waals surface area contributed by atoms with Crippen molar-refractivity contribution in [2.24, 2.45) is 5.14 Å². The van der Waals surface area contributed by atoms with Crippen molar-refractivity contribution in [3.05, 3.63) is 35.3 Å². The van der Waals surface area contributed by atoms with Crippen molar-refractivity contribution < 1.29 is 8.76 Å². The average molecular weight is 185 g/mol. The molecule has 0 fully saturated rings. The second kappa shape index (κ2) is 6.42. The van der Waals surface area contributed by atoms with E-state index >= 15 is 0 Å². The highest BCUT2D eigenvalue weighted by molar-refractivity contribution is 7.76. The van der Waals surface area contributed by atoms with Gasteiger partial charge in [0.05, 0.1) is 0 Å². The summed E-state index contributed by atoms with van der Waals surface area (Å²) in [5.74, 6) is 0. The molecular weight excluding hydrogens is 178 g/mol. The lowest BCUT2D eigenvalue weighted by atomic mass is 10.3. The minimum Gasteiger partial charge on any atom is -0.760 e. The van der Waals surface area contributed by atoms with E-state index in [0.29, 0.717) is 5.69 Å². The predicted molar refractivity (Wildman–Crippen MR) is 44.3 cm³/mol. The zero-order chi connectivity index (χ0) is 9.40. The quantitative estimate of drug-likeness (QED) is 0.480. The van der Waals surface area contributed by atoms with Crippen molar-refractivity contribution in [1.82, 2.24) is 0 Å². The number of hydrogen-bond acceptors (Lipinski definition) is 3. The number of diazo groups is 1.